The molecule has 8 heteroatoms. The van der Waals surface area contributed by atoms with E-state index in [1.54, 1.807) is 42.5 Å². The summed E-state index contributed by atoms with van der Waals surface area (Å²) in [6.45, 7) is -0.223. The summed E-state index contributed by atoms with van der Waals surface area (Å²) in [7, 11) is 1.30. The Morgan fingerprint density at radius 3 is 2.44 bits per heavy atom. The third kappa shape index (κ3) is 4.80. The van der Waals surface area contributed by atoms with E-state index in [9.17, 15) is 22.8 Å². The summed E-state index contributed by atoms with van der Waals surface area (Å²) >= 11 is 6.43. The first-order valence-corrected chi connectivity index (χ1v) is 11.0. The van der Waals surface area contributed by atoms with Crippen LogP contribution in [0.4, 0.5) is 18.9 Å². The van der Waals surface area contributed by atoms with E-state index in [-0.39, 0.29) is 18.0 Å². The fraction of sp³-hybridized carbons (Fsp3) is 0.231. The topological polar surface area (TPSA) is 46.6 Å². The number of carbonyl (C=O) groups is 2. The summed E-state index contributed by atoms with van der Waals surface area (Å²) in [5.74, 6) is -1.26. The predicted octanol–water partition coefficient (Wildman–Crippen LogP) is 6.09. The lowest BCUT2D eigenvalue weighted by Crippen LogP contribution is -2.42. The van der Waals surface area contributed by atoms with Gasteiger partial charge >= 0.3 is 12.1 Å². The molecule has 1 aliphatic rings. The van der Waals surface area contributed by atoms with Gasteiger partial charge in [-0.2, -0.15) is 13.2 Å². The zero-order chi connectivity index (χ0) is 24.5. The monoisotopic (exact) mass is 487 g/mol. The van der Waals surface area contributed by atoms with Crippen molar-refractivity contribution in [2.75, 3.05) is 12.0 Å². The van der Waals surface area contributed by atoms with Gasteiger partial charge in [-0.1, -0.05) is 48.0 Å². The highest BCUT2D eigenvalue weighted by Gasteiger charge is 2.37. The number of alkyl halides is 3. The number of carbonyl (C=O) groups excluding carboxylic acids is 2. The van der Waals surface area contributed by atoms with E-state index in [1.165, 1.54) is 30.2 Å². The number of rotatable bonds is 5. The maximum atomic E-state index is 13.6. The van der Waals surface area contributed by atoms with Gasteiger partial charge in [-0.15, -0.1) is 0 Å². The quantitative estimate of drug-likeness (QED) is 0.409. The van der Waals surface area contributed by atoms with Crippen LogP contribution in [0.3, 0.4) is 0 Å². The number of methoxy groups -OCH3 is 1. The molecule has 1 atom stereocenters. The van der Waals surface area contributed by atoms with Crippen LogP contribution in [-0.4, -0.2) is 19.0 Å². The zero-order valence-electron chi connectivity index (χ0n) is 18.2. The Morgan fingerprint density at radius 2 is 1.76 bits per heavy atom. The van der Waals surface area contributed by atoms with Crippen molar-refractivity contribution in [1.82, 2.24) is 0 Å². The summed E-state index contributed by atoms with van der Waals surface area (Å²) < 4.78 is 45.4. The van der Waals surface area contributed by atoms with Crippen LogP contribution in [0.5, 0.6) is 0 Å². The molecule has 0 saturated carbocycles. The van der Waals surface area contributed by atoms with Crippen LogP contribution in [-0.2, 0) is 35.1 Å². The largest absolute Gasteiger partial charge is 0.465 e. The molecule has 3 aromatic rings. The Labute approximate surface area is 199 Å². The molecule has 4 rings (SSSR count). The molecule has 34 heavy (non-hydrogen) atoms. The number of halogens is 4. The van der Waals surface area contributed by atoms with Gasteiger partial charge in [0, 0.05) is 16.6 Å². The number of esters is 1. The highest BCUT2D eigenvalue weighted by atomic mass is 35.5. The standard InChI is InChI=1S/C26H21ClF3NO3/c1-34-25(33)17-11-9-16(10-12-17)13-19-14-20-22(27)7-4-8-23(20)31(24(19)32)15-18-5-2-3-6-21(18)26(28,29)30/h2-12,19H,13-15H2,1H3. The second kappa shape index (κ2) is 9.50. The lowest BCUT2D eigenvalue weighted by atomic mass is 9.86. The Hall–Kier alpha value is -3.32. The van der Waals surface area contributed by atoms with E-state index in [0.29, 0.717) is 29.1 Å². The fourth-order valence-corrected chi connectivity index (χ4v) is 4.53. The summed E-state index contributed by atoms with van der Waals surface area (Å²) in [5.41, 5.74) is 1.69. The Balaban J connectivity index is 1.67. The van der Waals surface area contributed by atoms with Gasteiger partial charge in [-0.25, -0.2) is 4.79 Å². The number of hydrogen-bond acceptors (Lipinski definition) is 3. The lowest BCUT2D eigenvalue weighted by Gasteiger charge is -2.35. The highest BCUT2D eigenvalue weighted by molar-refractivity contribution is 6.32. The first-order chi connectivity index (χ1) is 16.2. The molecule has 0 fully saturated rings. The first-order valence-electron chi connectivity index (χ1n) is 10.6. The molecular formula is C26H21ClF3NO3. The lowest BCUT2D eigenvalue weighted by molar-refractivity contribution is -0.138. The molecule has 3 aromatic carbocycles. The van der Waals surface area contributed by atoms with Crippen LogP contribution in [0.2, 0.25) is 5.02 Å². The summed E-state index contributed by atoms with van der Waals surface area (Å²) in [4.78, 5) is 26.6. The van der Waals surface area contributed by atoms with Crippen molar-refractivity contribution < 1.29 is 27.5 Å². The van der Waals surface area contributed by atoms with Gasteiger partial charge < -0.3 is 9.64 Å². The average Bonchev–Trinajstić information content (AvgIpc) is 2.82. The molecular weight excluding hydrogens is 467 g/mol. The molecule has 0 aliphatic carbocycles. The molecule has 0 aromatic heterocycles. The van der Waals surface area contributed by atoms with Gasteiger partial charge in [-0.3, -0.25) is 4.79 Å². The number of benzene rings is 3. The van der Waals surface area contributed by atoms with Crippen LogP contribution in [0.25, 0.3) is 0 Å². The Bertz CT molecular complexity index is 1220. The maximum absolute atomic E-state index is 13.6. The minimum Gasteiger partial charge on any atom is -0.465 e. The number of nitrogens with zero attached hydrogens (tertiary/aromatic N) is 1. The molecule has 1 unspecified atom stereocenters. The summed E-state index contributed by atoms with van der Waals surface area (Å²) in [6, 6.07) is 17.1. The molecule has 0 radical (unpaired) electrons. The van der Waals surface area contributed by atoms with Crippen LogP contribution < -0.4 is 4.90 Å². The first kappa shape index (κ1) is 23.8. The normalized spacial score (nSPS) is 15.7. The fourth-order valence-electron chi connectivity index (χ4n) is 4.28. The Kier molecular flexibility index (Phi) is 6.66. The molecule has 0 N–H and O–H groups in total. The van der Waals surface area contributed by atoms with Crippen LogP contribution in [0, 0.1) is 5.92 Å². The number of hydrogen-bond donors (Lipinski definition) is 0. The van der Waals surface area contributed by atoms with Crippen molar-refractivity contribution in [1.29, 1.82) is 0 Å². The predicted molar refractivity (Wildman–Crippen MR) is 123 cm³/mol. The molecule has 176 valence electrons. The van der Waals surface area contributed by atoms with Crippen molar-refractivity contribution >= 4 is 29.2 Å². The number of ether oxygens (including phenoxy) is 1. The molecule has 1 amide bonds. The van der Waals surface area contributed by atoms with Crippen LogP contribution >= 0.6 is 11.6 Å². The van der Waals surface area contributed by atoms with Crippen LogP contribution in [0.1, 0.15) is 32.6 Å². The number of fused-ring (bicyclic) bond motifs is 1. The van der Waals surface area contributed by atoms with E-state index in [0.717, 1.165) is 17.2 Å². The molecule has 0 spiro atoms. The minimum atomic E-state index is -4.53. The summed E-state index contributed by atoms with van der Waals surface area (Å²) in [5, 5.41) is 0.463. The molecule has 0 saturated heterocycles. The molecule has 1 heterocycles. The van der Waals surface area contributed by atoms with Gasteiger partial charge in [-0.05, 0) is 59.9 Å². The molecule has 1 aliphatic heterocycles. The van der Waals surface area contributed by atoms with Crippen molar-refractivity contribution in [3.63, 3.8) is 0 Å². The number of anilines is 1. The van der Waals surface area contributed by atoms with E-state index in [4.69, 9.17) is 16.3 Å². The smallest absolute Gasteiger partial charge is 0.416 e. The molecule has 0 bridgehead atoms. The Morgan fingerprint density at radius 1 is 1.06 bits per heavy atom. The molecule has 4 nitrogen and oxygen atoms in total. The van der Waals surface area contributed by atoms with Crippen molar-refractivity contribution in [2.45, 2.75) is 25.6 Å². The highest BCUT2D eigenvalue weighted by Crippen LogP contribution is 2.39. The van der Waals surface area contributed by atoms with Crippen molar-refractivity contribution in [2.24, 2.45) is 5.92 Å². The van der Waals surface area contributed by atoms with Gasteiger partial charge in [0.15, 0.2) is 0 Å². The SMILES string of the molecule is COC(=O)c1ccc(CC2Cc3c(Cl)cccc3N(Cc3ccccc3C(F)(F)F)C2=O)cc1. The van der Waals surface area contributed by atoms with E-state index in [2.05, 4.69) is 0 Å². The van der Waals surface area contributed by atoms with Crippen molar-refractivity contribution in [3.8, 4) is 0 Å². The van der Waals surface area contributed by atoms with Crippen LogP contribution in [0.15, 0.2) is 66.7 Å². The van der Waals surface area contributed by atoms with Crippen molar-refractivity contribution in [3.05, 3.63) is 99.6 Å². The van der Waals surface area contributed by atoms with Gasteiger partial charge in [0.1, 0.15) is 0 Å². The average molecular weight is 488 g/mol. The second-order valence-electron chi connectivity index (χ2n) is 8.11. The second-order valence-corrected chi connectivity index (χ2v) is 8.52. The summed E-state index contributed by atoms with van der Waals surface area (Å²) in [6.07, 6.45) is -3.82. The van der Waals surface area contributed by atoms with E-state index >= 15 is 0 Å². The maximum Gasteiger partial charge on any atom is 0.416 e. The van der Waals surface area contributed by atoms with Gasteiger partial charge in [0.05, 0.1) is 24.8 Å². The van der Waals surface area contributed by atoms with Gasteiger partial charge in [0.2, 0.25) is 5.91 Å². The number of amides is 1. The zero-order valence-corrected chi connectivity index (χ0v) is 19.0. The van der Waals surface area contributed by atoms with E-state index in [1.807, 2.05) is 0 Å². The third-order valence-corrected chi connectivity index (χ3v) is 6.31. The third-order valence-electron chi connectivity index (χ3n) is 5.96. The van der Waals surface area contributed by atoms with E-state index < -0.39 is 23.6 Å². The minimum absolute atomic E-state index is 0.0114. The van der Waals surface area contributed by atoms with Gasteiger partial charge in [0.25, 0.3) is 0 Å².